The molecule has 0 aliphatic rings. The van der Waals surface area contributed by atoms with Crippen molar-refractivity contribution in [2.45, 2.75) is 17.9 Å². The minimum atomic E-state index is -3.65. The fraction of sp³-hybridized carbons (Fsp3) is 0.182. The second kappa shape index (κ2) is 9.36. The first-order valence-corrected chi connectivity index (χ1v) is 11.3. The maximum Gasteiger partial charge on any atom is 0.356 e. The molecule has 0 spiro atoms. The summed E-state index contributed by atoms with van der Waals surface area (Å²) in [4.78, 5) is 24.5. The third kappa shape index (κ3) is 5.34. The van der Waals surface area contributed by atoms with Crippen molar-refractivity contribution < 1.29 is 23.1 Å². The molecule has 1 aromatic heterocycles. The van der Waals surface area contributed by atoms with Crippen LogP contribution in [0, 0.1) is 0 Å². The van der Waals surface area contributed by atoms with Crippen LogP contribution in [0.15, 0.2) is 70.4 Å². The van der Waals surface area contributed by atoms with Crippen LogP contribution in [0.4, 0.5) is 0 Å². The van der Waals surface area contributed by atoms with Gasteiger partial charge in [0, 0.05) is 30.3 Å². The molecule has 3 rings (SSSR count). The van der Waals surface area contributed by atoms with Gasteiger partial charge in [0.15, 0.2) is 21.3 Å². The van der Waals surface area contributed by atoms with Gasteiger partial charge in [-0.2, -0.15) is 0 Å². The molecule has 0 saturated carbocycles. The van der Waals surface area contributed by atoms with Crippen LogP contribution in [0.3, 0.4) is 0 Å². The van der Waals surface area contributed by atoms with Crippen molar-refractivity contribution in [3.63, 3.8) is 0 Å². The van der Waals surface area contributed by atoms with Crippen LogP contribution in [0.25, 0.3) is 0 Å². The van der Waals surface area contributed by atoms with Gasteiger partial charge in [0.1, 0.15) is 6.61 Å². The van der Waals surface area contributed by atoms with Crippen LogP contribution >= 0.6 is 11.6 Å². The molecule has 0 bridgehead atoms. The van der Waals surface area contributed by atoms with E-state index in [1.165, 1.54) is 41.9 Å². The monoisotopic (exact) mass is 461 g/mol. The Bertz CT molecular complexity index is 1250. The lowest BCUT2D eigenvalue weighted by Crippen LogP contribution is -2.23. The van der Waals surface area contributed by atoms with Gasteiger partial charge in [0.25, 0.3) is 0 Å². The zero-order valence-corrected chi connectivity index (χ0v) is 18.2. The Morgan fingerprint density at radius 2 is 1.74 bits per heavy atom. The molecule has 0 atom stereocenters. The number of hydrogen-bond donors (Lipinski definition) is 1. The van der Waals surface area contributed by atoms with E-state index in [2.05, 4.69) is 0 Å². The number of carboxylic acid groups (broad SMARTS) is 1. The Kier molecular flexibility index (Phi) is 6.82. The molecule has 0 radical (unpaired) electrons. The third-order valence-electron chi connectivity index (χ3n) is 4.73. The highest BCUT2D eigenvalue weighted by Gasteiger charge is 2.22. The summed E-state index contributed by atoms with van der Waals surface area (Å²) in [6.45, 7) is 0.0284. The highest BCUT2D eigenvalue weighted by molar-refractivity contribution is 7.91. The quantitative estimate of drug-likeness (QED) is 0.552. The summed E-state index contributed by atoms with van der Waals surface area (Å²) < 4.78 is 32.0. The van der Waals surface area contributed by atoms with E-state index in [9.17, 15) is 23.1 Å². The van der Waals surface area contributed by atoms with E-state index in [0.29, 0.717) is 5.02 Å². The Balaban J connectivity index is 1.87. The summed E-state index contributed by atoms with van der Waals surface area (Å²) in [7, 11) is -2.19. The summed E-state index contributed by atoms with van der Waals surface area (Å²) in [5.74, 6) is -1.93. The van der Waals surface area contributed by atoms with Crippen LogP contribution < -0.4 is 10.2 Å². The fourth-order valence-electron chi connectivity index (χ4n) is 3.07. The molecule has 9 heteroatoms. The van der Waals surface area contributed by atoms with Crippen molar-refractivity contribution in [1.82, 2.24) is 4.57 Å². The number of carbonyl (C=O) groups is 1. The third-order valence-corrected chi connectivity index (χ3v) is 6.72. The Hall–Kier alpha value is -3.10. The number of aromatic nitrogens is 1. The number of halogens is 1. The number of ether oxygens (including phenoxy) is 1. The van der Waals surface area contributed by atoms with Gasteiger partial charge in [0.05, 0.1) is 10.6 Å². The number of aryl methyl sites for hydroxylation is 1. The molecule has 0 fully saturated rings. The first kappa shape index (κ1) is 22.6. The van der Waals surface area contributed by atoms with Gasteiger partial charge in [0.2, 0.25) is 5.43 Å². The van der Waals surface area contributed by atoms with Crippen molar-refractivity contribution in [1.29, 1.82) is 0 Å². The number of carboxylic acids is 1. The van der Waals surface area contributed by atoms with Crippen molar-refractivity contribution >= 4 is 27.4 Å². The van der Waals surface area contributed by atoms with E-state index in [1.807, 2.05) is 6.07 Å². The predicted molar refractivity (Wildman–Crippen MR) is 117 cm³/mol. The summed E-state index contributed by atoms with van der Waals surface area (Å²) in [6.07, 6.45) is -0.0457. The van der Waals surface area contributed by atoms with Gasteiger partial charge in [-0.05, 0) is 29.8 Å². The molecule has 0 aliphatic heterocycles. The fourth-order valence-corrected chi connectivity index (χ4v) is 4.47. The maximum absolute atomic E-state index is 12.6. The standard InChI is InChI=1S/C22H20ClNO6S/c1-24-17(11-12-31(28,29)18-9-7-16(23)8-10-18)13-19(25)21(20(24)22(26)27)30-14-15-5-3-2-4-6-15/h2-10,13H,11-12,14H2,1H3,(H,26,27). The molecule has 1 N–H and O–H groups in total. The number of aromatic carboxylic acids is 1. The molecule has 0 amide bonds. The molecular weight excluding hydrogens is 442 g/mol. The second-order valence-electron chi connectivity index (χ2n) is 6.84. The average molecular weight is 462 g/mol. The number of benzene rings is 2. The number of rotatable bonds is 8. The first-order chi connectivity index (χ1) is 14.7. The minimum Gasteiger partial charge on any atom is -0.482 e. The van der Waals surface area contributed by atoms with E-state index < -0.39 is 21.2 Å². The Morgan fingerprint density at radius 1 is 1.10 bits per heavy atom. The number of hydrogen-bond acceptors (Lipinski definition) is 5. The lowest BCUT2D eigenvalue weighted by molar-refractivity contribution is 0.0678. The topological polar surface area (TPSA) is 103 Å². The molecule has 2 aromatic carbocycles. The number of pyridine rings is 1. The molecule has 31 heavy (non-hydrogen) atoms. The Morgan fingerprint density at radius 3 is 2.35 bits per heavy atom. The average Bonchev–Trinajstić information content (AvgIpc) is 2.73. The van der Waals surface area contributed by atoms with Crippen molar-refractivity contribution in [2.24, 2.45) is 7.05 Å². The lowest BCUT2D eigenvalue weighted by atomic mass is 10.2. The highest BCUT2D eigenvalue weighted by atomic mass is 35.5. The minimum absolute atomic E-state index is 0.0284. The van der Waals surface area contributed by atoms with Gasteiger partial charge >= 0.3 is 5.97 Å². The molecule has 3 aromatic rings. The largest absolute Gasteiger partial charge is 0.482 e. The van der Waals surface area contributed by atoms with E-state index in [4.69, 9.17) is 16.3 Å². The molecule has 0 aliphatic carbocycles. The van der Waals surface area contributed by atoms with Crippen molar-refractivity contribution in [2.75, 3.05) is 5.75 Å². The molecule has 0 saturated heterocycles. The second-order valence-corrected chi connectivity index (χ2v) is 9.38. The first-order valence-electron chi connectivity index (χ1n) is 9.30. The van der Waals surface area contributed by atoms with Crippen LogP contribution in [0.5, 0.6) is 5.75 Å². The lowest BCUT2D eigenvalue weighted by Gasteiger charge is -2.16. The molecule has 7 nitrogen and oxygen atoms in total. The summed E-state index contributed by atoms with van der Waals surface area (Å²) in [5, 5.41) is 10.1. The summed E-state index contributed by atoms with van der Waals surface area (Å²) in [5.41, 5.74) is 0.0960. The van der Waals surface area contributed by atoms with Crippen LogP contribution in [0.1, 0.15) is 21.7 Å². The molecule has 162 valence electrons. The smallest absolute Gasteiger partial charge is 0.356 e. The summed E-state index contributed by atoms with van der Waals surface area (Å²) >= 11 is 5.80. The summed E-state index contributed by atoms with van der Waals surface area (Å²) in [6, 6.07) is 16.0. The number of nitrogens with zero attached hydrogens (tertiary/aromatic N) is 1. The van der Waals surface area contributed by atoms with Gasteiger partial charge in [-0.15, -0.1) is 0 Å². The van der Waals surface area contributed by atoms with Gasteiger partial charge < -0.3 is 14.4 Å². The highest BCUT2D eigenvalue weighted by Crippen LogP contribution is 2.20. The van der Waals surface area contributed by atoms with Gasteiger partial charge in [-0.25, -0.2) is 13.2 Å². The van der Waals surface area contributed by atoms with Gasteiger partial charge in [-0.1, -0.05) is 41.9 Å². The zero-order chi connectivity index (χ0) is 22.6. The number of sulfone groups is 1. The molecule has 0 unspecified atom stereocenters. The van der Waals surface area contributed by atoms with Crippen LogP contribution in [-0.4, -0.2) is 29.8 Å². The van der Waals surface area contributed by atoms with Crippen molar-refractivity contribution in [3.05, 3.63) is 92.9 Å². The van der Waals surface area contributed by atoms with Crippen LogP contribution in [0.2, 0.25) is 5.02 Å². The maximum atomic E-state index is 12.6. The van der Waals surface area contributed by atoms with E-state index in [-0.39, 0.29) is 40.8 Å². The predicted octanol–water partition coefficient (Wildman–Crippen LogP) is 3.33. The van der Waals surface area contributed by atoms with E-state index in [0.717, 1.165) is 5.56 Å². The zero-order valence-electron chi connectivity index (χ0n) is 16.6. The Labute approximate surface area is 184 Å². The van der Waals surface area contributed by atoms with E-state index in [1.54, 1.807) is 24.3 Å². The van der Waals surface area contributed by atoms with Crippen molar-refractivity contribution in [3.8, 4) is 5.75 Å². The van der Waals surface area contributed by atoms with Crippen LogP contribution in [-0.2, 0) is 29.9 Å². The molecular formula is C22H20ClNO6S. The molecule has 1 heterocycles. The van der Waals surface area contributed by atoms with Gasteiger partial charge in [-0.3, -0.25) is 4.79 Å². The SMILES string of the molecule is Cn1c(CCS(=O)(=O)c2ccc(Cl)cc2)cc(=O)c(OCc2ccccc2)c1C(=O)O. The van der Waals surface area contributed by atoms with E-state index >= 15 is 0 Å². The normalized spacial score (nSPS) is 11.3.